The first-order valence-corrected chi connectivity index (χ1v) is 6.48. The normalized spacial score (nSPS) is 16.9. The van der Waals surface area contributed by atoms with Crippen molar-refractivity contribution in [3.05, 3.63) is 23.9 Å². The highest BCUT2D eigenvalue weighted by molar-refractivity contribution is 5.71. The molecule has 0 N–H and O–H groups in total. The minimum Gasteiger partial charge on any atom is -0.468 e. The molecule has 2 heterocycles. The number of pyridine rings is 1. The number of hydrogen-bond acceptors (Lipinski definition) is 5. The van der Waals surface area contributed by atoms with Gasteiger partial charge in [-0.05, 0) is 12.1 Å². The van der Waals surface area contributed by atoms with Gasteiger partial charge in [0, 0.05) is 32.4 Å². The van der Waals surface area contributed by atoms with Gasteiger partial charge in [-0.1, -0.05) is 0 Å². The molecule has 5 nitrogen and oxygen atoms in total. The van der Waals surface area contributed by atoms with Gasteiger partial charge in [0.15, 0.2) is 0 Å². The van der Waals surface area contributed by atoms with E-state index in [4.69, 9.17) is 0 Å². The first kappa shape index (κ1) is 15.6. The van der Waals surface area contributed by atoms with Gasteiger partial charge in [0.2, 0.25) is 0 Å². The van der Waals surface area contributed by atoms with Gasteiger partial charge in [0.25, 0.3) is 0 Å². The molecule has 1 saturated heterocycles. The molecule has 1 aliphatic rings. The van der Waals surface area contributed by atoms with E-state index < -0.39 is 11.7 Å². The SMILES string of the molecule is COC(=O)CN1CCN(c2ncccc2C(F)(F)F)CC1. The molecule has 0 atom stereocenters. The van der Waals surface area contributed by atoms with Crippen LogP contribution in [0.25, 0.3) is 0 Å². The number of carbonyl (C=O) groups excluding carboxylic acids is 1. The number of methoxy groups -OCH3 is 1. The third kappa shape index (κ3) is 3.84. The van der Waals surface area contributed by atoms with E-state index in [1.54, 1.807) is 4.90 Å². The summed E-state index contributed by atoms with van der Waals surface area (Å²) in [5, 5.41) is 0. The van der Waals surface area contributed by atoms with Crippen LogP contribution in [0, 0.1) is 0 Å². The highest BCUT2D eigenvalue weighted by atomic mass is 19.4. The van der Waals surface area contributed by atoms with E-state index in [0.717, 1.165) is 6.07 Å². The fourth-order valence-corrected chi connectivity index (χ4v) is 2.24. The lowest BCUT2D eigenvalue weighted by atomic mass is 10.2. The minimum absolute atomic E-state index is 0.0530. The van der Waals surface area contributed by atoms with E-state index >= 15 is 0 Å². The highest BCUT2D eigenvalue weighted by Crippen LogP contribution is 2.35. The van der Waals surface area contributed by atoms with Crippen molar-refractivity contribution in [3.8, 4) is 0 Å². The lowest BCUT2D eigenvalue weighted by Gasteiger charge is -2.35. The Morgan fingerprint density at radius 2 is 2.00 bits per heavy atom. The van der Waals surface area contributed by atoms with Gasteiger partial charge >= 0.3 is 12.1 Å². The second-order valence-electron chi connectivity index (χ2n) is 4.71. The van der Waals surface area contributed by atoms with Crippen LogP contribution in [0.5, 0.6) is 0 Å². The van der Waals surface area contributed by atoms with E-state index in [1.165, 1.54) is 19.4 Å². The van der Waals surface area contributed by atoms with Gasteiger partial charge in [-0.2, -0.15) is 13.2 Å². The molecule has 0 aromatic carbocycles. The van der Waals surface area contributed by atoms with E-state index in [1.807, 2.05) is 4.90 Å². The Labute approximate surface area is 120 Å². The summed E-state index contributed by atoms with van der Waals surface area (Å²) < 4.78 is 43.5. The van der Waals surface area contributed by atoms with Crippen molar-refractivity contribution >= 4 is 11.8 Å². The lowest BCUT2D eigenvalue weighted by molar-refractivity contribution is -0.142. The zero-order chi connectivity index (χ0) is 15.5. The summed E-state index contributed by atoms with van der Waals surface area (Å²) in [6.45, 7) is 1.90. The molecule has 0 spiro atoms. The fourth-order valence-electron chi connectivity index (χ4n) is 2.24. The summed E-state index contributed by atoms with van der Waals surface area (Å²) in [5.41, 5.74) is -0.730. The number of nitrogens with zero attached hydrogens (tertiary/aromatic N) is 3. The molecular weight excluding hydrogens is 287 g/mol. The van der Waals surface area contributed by atoms with E-state index in [0.29, 0.717) is 26.2 Å². The van der Waals surface area contributed by atoms with Crippen LogP contribution in [0.15, 0.2) is 18.3 Å². The van der Waals surface area contributed by atoms with Crippen molar-refractivity contribution in [3.63, 3.8) is 0 Å². The maximum atomic E-state index is 13.0. The Morgan fingerprint density at radius 1 is 1.33 bits per heavy atom. The average molecular weight is 303 g/mol. The summed E-state index contributed by atoms with van der Waals surface area (Å²) in [5.74, 6) is -0.403. The third-order valence-electron chi connectivity index (χ3n) is 3.34. The van der Waals surface area contributed by atoms with Crippen molar-refractivity contribution in [2.75, 3.05) is 44.7 Å². The molecule has 0 aliphatic carbocycles. The lowest BCUT2D eigenvalue weighted by Crippen LogP contribution is -2.48. The predicted octanol–water partition coefficient (Wildman–Crippen LogP) is 1.40. The number of piperazine rings is 1. The first-order chi connectivity index (χ1) is 9.91. The Hall–Kier alpha value is -1.83. The number of aromatic nitrogens is 1. The molecule has 8 heteroatoms. The molecule has 0 amide bonds. The quantitative estimate of drug-likeness (QED) is 0.790. The van der Waals surface area contributed by atoms with Crippen LogP contribution in [0.4, 0.5) is 19.0 Å². The summed E-state index contributed by atoms with van der Waals surface area (Å²) >= 11 is 0. The molecule has 21 heavy (non-hydrogen) atoms. The van der Waals surface area contributed by atoms with Gasteiger partial charge < -0.3 is 9.64 Å². The number of esters is 1. The van der Waals surface area contributed by atoms with Crippen LogP contribution in [-0.4, -0.2) is 55.7 Å². The number of halogens is 3. The molecule has 0 saturated carbocycles. The zero-order valence-corrected chi connectivity index (χ0v) is 11.6. The van der Waals surface area contributed by atoms with Gasteiger partial charge in [0.1, 0.15) is 5.82 Å². The third-order valence-corrected chi connectivity index (χ3v) is 3.34. The van der Waals surface area contributed by atoms with Crippen molar-refractivity contribution in [2.24, 2.45) is 0 Å². The molecular formula is C13H16F3N3O2. The molecule has 1 aromatic rings. The maximum Gasteiger partial charge on any atom is 0.419 e. The number of ether oxygens (including phenoxy) is 1. The van der Waals surface area contributed by atoms with Gasteiger partial charge in [-0.3, -0.25) is 9.69 Å². The van der Waals surface area contributed by atoms with Crippen molar-refractivity contribution in [1.29, 1.82) is 0 Å². The summed E-state index contributed by atoms with van der Waals surface area (Å²) in [6.07, 6.45) is -3.07. The molecule has 0 radical (unpaired) electrons. The molecule has 0 unspecified atom stereocenters. The summed E-state index contributed by atoms with van der Waals surface area (Å²) in [6, 6.07) is 2.31. The van der Waals surface area contributed by atoms with Crippen LogP contribution in [0.1, 0.15) is 5.56 Å². The fraction of sp³-hybridized carbons (Fsp3) is 0.538. The topological polar surface area (TPSA) is 45.7 Å². The molecule has 2 rings (SSSR count). The number of hydrogen-bond donors (Lipinski definition) is 0. The molecule has 1 fully saturated rings. The molecule has 1 aromatic heterocycles. The summed E-state index contributed by atoms with van der Waals surface area (Å²) in [4.78, 5) is 18.5. The Bertz CT molecular complexity index is 500. The first-order valence-electron chi connectivity index (χ1n) is 6.48. The Kier molecular flexibility index (Phi) is 4.66. The standard InChI is InChI=1S/C13H16F3N3O2/c1-21-11(20)9-18-5-7-19(8-6-18)12-10(13(14,15)16)3-2-4-17-12/h2-4H,5-9H2,1H3. The van der Waals surface area contributed by atoms with Gasteiger partial charge in [-0.15, -0.1) is 0 Å². The van der Waals surface area contributed by atoms with Crippen LogP contribution in [-0.2, 0) is 15.7 Å². The van der Waals surface area contributed by atoms with Crippen molar-refractivity contribution in [2.45, 2.75) is 6.18 Å². The number of carbonyl (C=O) groups is 1. The second-order valence-corrected chi connectivity index (χ2v) is 4.71. The minimum atomic E-state index is -4.42. The largest absolute Gasteiger partial charge is 0.468 e. The number of alkyl halides is 3. The highest BCUT2D eigenvalue weighted by Gasteiger charge is 2.36. The van der Waals surface area contributed by atoms with E-state index in [9.17, 15) is 18.0 Å². The second kappa shape index (κ2) is 6.30. The van der Waals surface area contributed by atoms with E-state index in [2.05, 4.69) is 9.72 Å². The van der Waals surface area contributed by atoms with Gasteiger partial charge in [-0.25, -0.2) is 4.98 Å². The van der Waals surface area contributed by atoms with Gasteiger partial charge in [0.05, 0.1) is 19.2 Å². The smallest absolute Gasteiger partial charge is 0.419 e. The number of rotatable bonds is 3. The Balaban J connectivity index is 2.04. The van der Waals surface area contributed by atoms with Crippen molar-refractivity contribution < 1.29 is 22.7 Å². The number of anilines is 1. The summed E-state index contributed by atoms with van der Waals surface area (Å²) in [7, 11) is 1.31. The van der Waals surface area contributed by atoms with Crippen LogP contribution in [0.3, 0.4) is 0 Å². The predicted molar refractivity (Wildman–Crippen MR) is 69.9 cm³/mol. The van der Waals surface area contributed by atoms with Crippen molar-refractivity contribution in [1.82, 2.24) is 9.88 Å². The molecule has 0 bridgehead atoms. The Morgan fingerprint density at radius 3 is 2.57 bits per heavy atom. The van der Waals surface area contributed by atoms with E-state index in [-0.39, 0.29) is 18.3 Å². The molecule has 116 valence electrons. The monoisotopic (exact) mass is 303 g/mol. The zero-order valence-electron chi connectivity index (χ0n) is 11.6. The van der Waals surface area contributed by atoms with Crippen LogP contribution >= 0.6 is 0 Å². The average Bonchev–Trinajstić information content (AvgIpc) is 2.47. The maximum absolute atomic E-state index is 13.0. The van der Waals surface area contributed by atoms with Crippen LogP contribution < -0.4 is 4.90 Å². The molecule has 1 aliphatic heterocycles. The van der Waals surface area contributed by atoms with Crippen LogP contribution in [0.2, 0.25) is 0 Å².